The molecule has 6 nitrogen and oxygen atoms in total. The molecule has 1 spiro atoms. The zero-order valence-corrected chi connectivity index (χ0v) is 24.8. The number of piperidine rings is 1. The number of carbonyl (C=O) groups is 3. The summed E-state index contributed by atoms with van der Waals surface area (Å²) in [6.45, 7) is 6.84. The molecule has 2 aromatic rings. The number of halogens is 4. The molecule has 4 rings (SSSR count). The first-order chi connectivity index (χ1) is 18.2. The summed E-state index contributed by atoms with van der Waals surface area (Å²) in [4.78, 5) is 51.6. The molecule has 2 fully saturated rings. The fourth-order valence-corrected chi connectivity index (χ4v) is 5.33. The van der Waals surface area contributed by atoms with Crippen molar-refractivity contribution in [3.63, 3.8) is 0 Å². The van der Waals surface area contributed by atoms with E-state index in [0.29, 0.717) is 44.1 Å². The van der Waals surface area contributed by atoms with Crippen LogP contribution in [0.2, 0.25) is 0 Å². The maximum absolute atomic E-state index is 13.1. The Morgan fingerprint density at radius 1 is 1.02 bits per heavy atom. The number of hydrogen-bond acceptors (Lipinski definition) is 4. The molecular formula is C29H30F4N2NbO4. The van der Waals surface area contributed by atoms with Gasteiger partial charge >= 0.3 is 28.6 Å². The Hall–Kier alpha value is -2.95. The quantitative estimate of drug-likeness (QED) is 0.210. The Morgan fingerprint density at radius 3 is 2.10 bits per heavy atom. The maximum atomic E-state index is 13.1. The first-order valence-electron chi connectivity index (χ1n) is 12.5. The van der Waals surface area contributed by atoms with E-state index in [2.05, 4.69) is 0 Å². The molecule has 1 radical (unpaired) electrons. The van der Waals surface area contributed by atoms with Crippen molar-refractivity contribution in [3.8, 4) is 0 Å². The molecule has 11 heteroatoms. The van der Waals surface area contributed by atoms with Crippen molar-refractivity contribution in [2.45, 2.75) is 45.2 Å². The molecule has 0 saturated carbocycles. The Balaban J connectivity index is 0.000000339. The number of nitrogens with zero attached hydrogens (tertiary/aromatic N) is 2. The van der Waals surface area contributed by atoms with Gasteiger partial charge in [0.25, 0.3) is 0 Å². The van der Waals surface area contributed by atoms with Gasteiger partial charge in [0.2, 0.25) is 11.8 Å². The van der Waals surface area contributed by atoms with Crippen LogP contribution in [0.4, 0.5) is 17.6 Å². The van der Waals surface area contributed by atoms with E-state index in [4.69, 9.17) is 0 Å². The predicted octanol–water partition coefficient (Wildman–Crippen LogP) is 4.71. The van der Waals surface area contributed by atoms with Crippen molar-refractivity contribution in [1.29, 1.82) is 0 Å². The van der Waals surface area contributed by atoms with E-state index in [-0.39, 0.29) is 46.0 Å². The second-order valence-corrected chi connectivity index (χ2v) is 10.3. The van der Waals surface area contributed by atoms with Gasteiger partial charge in [-0.05, 0) is 30.9 Å². The number of likely N-dealkylation sites (N-methyl/N-ethyl adjacent to an activating group) is 1. The number of amides is 3. The van der Waals surface area contributed by atoms with Crippen LogP contribution in [-0.2, 0) is 53.1 Å². The smallest absolute Gasteiger partial charge is 0.376 e. The first kappa shape index (κ1) is 33.3. The normalized spacial score (nSPS) is 20.1. The molecule has 2 heterocycles. The predicted molar refractivity (Wildman–Crippen MR) is 135 cm³/mol. The number of imide groups is 1. The summed E-state index contributed by atoms with van der Waals surface area (Å²) in [7, 11) is 1.57. The van der Waals surface area contributed by atoms with Gasteiger partial charge in [0, 0.05) is 26.0 Å². The second-order valence-electron chi connectivity index (χ2n) is 10.3. The minimum absolute atomic E-state index is 0. The average Bonchev–Trinajstić information content (AvgIpc) is 3.03. The van der Waals surface area contributed by atoms with E-state index in [1.165, 1.54) is 4.90 Å². The SMILES string of the molecule is CC(C)[CH-]C(=O)N1CCC2(CC1)C(=O)N(C)C(=O)C2(C)c1ccccc1.O=[C-]c1cc(C(F)(F)F)ccc1F.[Nb+2]. The monoisotopic (exact) mass is 639 g/mol. The van der Waals surface area contributed by atoms with E-state index >= 15 is 0 Å². The van der Waals surface area contributed by atoms with Gasteiger partial charge in [-0.2, -0.15) is 19.1 Å². The van der Waals surface area contributed by atoms with Crippen LogP contribution in [0.1, 0.15) is 50.3 Å². The summed E-state index contributed by atoms with van der Waals surface area (Å²) in [5.74, 6) is -1.07. The summed E-state index contributed by atoms with van der Waals surface area (Å²) in [5.41, 5.74) is -2.58. The van der Waals surface area contributed by atoms with Gasteiger partial charge in [-0.25, -0.2) is 0 Å². The molecule has 40 heavy (non-hydrogen) atoms. The molecule has 0 aliphatic carbocycles. The zero-order valence-electron chi connectivity index (χ0n) is 22.6. The molecule has 0 bridgehead atoms. The van der Waals surface area contributed by atoms with Crippen LogP contribution in [0.15, 0.2) is 48.5 Å². The number of hydrogen-bond donors (Lipinski definition) is 0. The fraction of sp³-hybridized carbons (Fsp3) is 0.414. The van der Waals surface area contributed by atoms with Crippen LogP contribution < -0.4 is 0 Å². The standard InChI is InChI=1S/C21H27N2O3.C8H3F4O.Nb/c1-15(2)14-17(24)23-12-10-21(11-13-23)19(26)22(4)18(25)20(21,3)16-8-6-5-7-9-16;9-7-2-1-6(8(10,11)12)3-5(7)4-13;/h5-9,14-15H,10-13H2,1-4H3;1-3H;/q2*-1;+2. The van der Waals surface area contributed by atoms with Crippen LogP contribution in [-0.4, -0.2) is 53.9 Å². The topological polar surface area (TPSA) is 74.8 Å². The fourth-order valence-electron chi connectivity index (χ4n) is 5.33. The number of carbonyl (C=O) groups excluding carboxylic acids is 4. The molecule has 0 N–H and O–H groups in total. The maximum Gasteiger partial charge on any atom is 2.00 e. The summed E-state index contributed by atoms with van der Waals surface area (Å²) in [6.07, 6.45) is -0.767. The molecule has 2 aliphatic rings. The van der Waals surface area contributed by atoms with Gasteiger partial charge in [-0.3, -0.25) is 18.9 Å². The largest absolute Gasteiger partial charge is 2.00 e. The number of benzene rings is 2. The van der Waals surface area contributed by atoms with Gasteiger partial charge in [-0.15, -0.1) is 11.6 Å². The Bertz CT molecular complexity index is 1240. The molecule has 0 aromatic heterocycles. The molecule has 213 valence electrons. The minimum Gasteiger partial charge on any atom is -0.376 e. The van der Waals surface area contributed by atoms with Crippen molar-refractivity contribution in [3.05, 3.63) is 77.5 Å². The van der Waals surface area contributed by atoms with Crippen molar-refractivity contribution < 1.29 is 59.1 Å². The van der Waals surface area contributed by atoms with Crippen molar-refractivity contribution in [1.82, 2.24) is 9.80 Å². The van der Waals surface area contributed by atoms with Gasteiger partial charge in [0.1, 0.15) is 0 Å². The van der Waals surface area contributed by atoms with Crippen molar-refractivity contribution in [2.75, 3.05) is 20.1 Å². The Morgan fingerprint density at radius 2 is 1.60 bits per heavy atom. The van der Waals surface area contributed by atoms with Crippen LogP contribution in [0.25, 0.3) is 0 Å². The van der Waals surface area contributed by atoms with E-state index < -0.39 is 34.0 Å². The number of likely N-dealkylation sites (tertiary alicyclic amines) is 2. The van der Waals surface area contributed by atoms with Gasteiger partial charge < -0.3 is 20.9 Å². The number of rotatable bonds is 4. The summed E-state index contributed by atoms with van der Waals surface area (Å²) >= 11 is 0. The van der Waals surface area contributed by atoms with Crippen LogP contribution in [0.5, 0.6) is 0 Å². The van der Waals surface area contributed by atoms with E-state index in [9.17, 15) is 36.7 Å². The van der Waals surface area contributed by atoms with Crippen LogP contribution in [0, 0.1) is 23.6 Å². The molecular weight excluding hydrogens is 609 g/mol. The van der Waals surface area contributed by atoms with Crippen molar-refractivity contribution >= 4 is 24.0 Å². The van der Waals surface area contributed by atoms with Crippen LogP contribution >= 0.6 is 0 Å². The molecule has 1 atom stereocenters. The van der Waals surface area contributed by atoms with Crippen LogP contribution in [0.3, 0.4) is 0 Å². The molecule has 2 saturated heterocycles. The molecule has 2 aromatic carbocycles. The third-order valence-corrected chi connectivity index (χ3v) is 7.56. The molecule has 2 aliphatic heterocycles. The Labute approximate surface area is 246 Å². The zero-order chi connectivity index (χ0) is 29.2. The second kappa shape index (κ2) is 12.7. The first-order valence-corrected chi connectivity index (χ1v) is 12.5. The van der Waals surface area contributed by atoms with E-state index in [1.54, 1.807) is 18.4 Å². The van der Waals surface area contributed by atoms with Crippen molar-refractivity contribution in [2.24, 2.45) is 11.3 Å². The minimum atomic E-state index is -4.57. The summed E-state index contributed by atoms with van der Waals surface area (Å²) in [5, 5.41) is 0. The number of alkyl halides is 3. The van der Waals surface area contributed by atoms with Gasteiger partial charge in [0.05, 0.1) is 23.0 Å². The molecule has 3 amide bonds. The third kappa shape index (κ3) is 6.19. The average molecular weight is 639 g/mol. The summed E-state index contributed by atoms with van der Waals surface area (Å²) in [6, 6.07) is 11.1. The molecule has 1 unspecified atom stereocenters. The van der Waals surface area contributed by atoms with E-state index in [1.807, 2.05) is 51.1 Å². The van der Waals surface area contributed by atoms with Gasteiger partial charge in [0.15, 0.2) is 0 Å². The third-order valence-electron chi connectivity index (χ3n) is 7.56. The summed E-state index contributed by atoms with van der Waals surface area (Å²) < 4.78 is 48.5. The van der Waals surface area contributed by atoms with E-state index in [0.717, 1.165) is 11.8 Å². The Kier molecular flexibility index (Phi) is 10.6. The van der Waals surface area contributed by atoms with Gasteiger partial charge in [-0.1, -0.05) is 56.3 Å².